The summed E-state index contributed by atoms with van der Waals surface area (Å²) in [4.78, 5) is 26.7. The van der Waals surface area contributed by atoms with E-state index in [1.807, 2.05) is 59.4 Å². The molecule has 2 N–H and O–H groups in total. The van der Waals surface area contributed by atoms with E-state index in [0.29, 0.717) is 41.4 Å². The number of amides is 2. The lowest BCUT2D eigenvalue weighted by Gasteiger charge is -2.06. The summed E-state index contributed by atoms with van der Waals surface area (Å²) >= 11 is 0. The standard InChI is InChI=1S/C41H31FN6O3/c1-26-8-10-27(11-9-26)21-47-23-35(32-5-2-3-7-37(32)47)44-40(49)30-20-39(51-25-30)29-14-17-38-33(19-29)36(45-41(50)34-6-4-18-43-46-34)24-48(38)22-28-12-15-31(42)16-13-28/h2-20,23-25H,21-22H2,1H3,(H,44,49)(H,45,50). The first-order chi connectivity index (χ1) is 24.9. The van der Waals surface area contributed by atoms with Crippen LogP contribution in [0, 0.1) is 12.7 Å². The van der Waals surface area contributed by atoms with Gasteiger partial charge in [-0.1, -0.05) is 60.2 Å². The van der Waals surface area contributed by atoms with Gasteiger partial charge >= 0.3 is 0 Å². The third-order valence-corrected chi connectivity index (χ3v) is 8.86. The van der Waals surface area contributed by atoms with Crippen LogP contribution in [0.1, 0.15) is 37.5 Å². The van der Waals surface area contributed by atoms with Crippen molar-refractivity contribution < 1.29 is 18.4 Å². The number of carbonyl (C=O) groups is 2. The monoisotopic (exact) mass is 674 g/mol. The Bertz CT molecular complexity index is 2530. The Hall–Kier alpha value is -6.81. The van der Waals surface area contributed by atoms with Crippen LogP contribution in [0.2, 0.25) is 0 Å². The fraction of sp³-hybridized carbons (Fsp3) is 0.0732. The van der Waals surface area contributed by atoms with Gasteiger partial charge in [-0.15, -0.1) is 5.10 Å². The molecule has 51 heavy (non-hydrogen) atoms. The number of hydrogen-bond acceptors (Lipinski definition) is 5. The van der Waals surface area contributed by atoms with Gasteiger partial charge in [-0.3, -0.25) is 9.59 Å². The van der Waals surface area contributed by atoms with Crippen LogP contribution in [-0.2, 0) is 13.1 Å². The topological polar surface area (TPSA) is 107 Å². The Balaban J connectivity index is 1.08. The van der Waals surface area contributed by atoms with E-state index in [1.165, 1.54) is 30.2 Å². The molecular weight excluding hydrogens is 643 g/mol. The van der Waals surface area contributed by atoms with Crippen molar-refractivity contribution >= 4 is 45.0 Å². The van der Waals surface area contributed by atoms with E-state index < -0.39 is 5.91 Å². The number of nitrogens with zero attached hydrogens (tertiary/aromatic N) is 4. The second kappa shape index (κ2) is 13.2. The molecule has 0 saturated heterocycles. The molecule has 0 fully saturated rings. The first-order valence-electron chi connectivity index (χ1n) is 16.4. The number of aryl methyl sites for hydroxylation is 1. The fourth-order valence-corrected chi connectivity index (χ4v) is 6.24. The molecule has 10 heteroatoms. The van der Waals surface area contributed by atoms with Crippen LogP contribution in [0.5, 0.6) is 0 Å². The molecule has 4 aromatic heterocycles. The highest BCUT2D eigenvalue weighted by atomic mass is 19.1. The third-order valence-electron chi connectivity index (χ3n) is 8.86. The normalized spacial score (nSPS) is 11.3. The lowest BCUT2D eigenvalue weighted by atomic mass is 10.1. The Morgan fingerprint density at radius 1 is 0.725 bits per heavy atom. The van der Waals surface area contributed by atoms with Crippen molar-refractivity contribution in [3.05, 3.63) is 168 Å². The molecular formula is C41H31FN6O3. The minimum Gasteiger partial charge on any atom is -0.464 e. The lowest BCUT2D eigenvalue weighted by Crippen LogP contribution is -2.13. The van der Waals surface area contributed by atoms with Crippen LogP contribution in [0.25, 0.3) is 33.1 Å². The van der Waals surface area contributed by atoms with E-state index in [9.17, 15) is 14.0 Å². The summed E-state index contributed by atoms with van der Waals surface area (Å²) in [6, 6.07) is 33.4. The van der Waals surface area contributed by atoms with E-state index in [1.54, 1.807) is 30.3 Å². The van der Waals surface area contributed by atoms with E-state index in [4.69, 9.17) is 4.42 Å². The minimum atomic E-state index is -0.411. The highest BCUT2D eigenvalue weighted by molar-refractivity contribution is 6.10. The molecule has 0 spiro atoms. The first kappa shape index (κ1) is 31.5. The van der Waals surface area contributed by atoms with Gasteiger partial charge in [0.05, 0.1) is 28.0 Å². The van der Waals surface area contributed by atoms with Crippen LogP contribution in [0.15, 0.2) is 138 Å². The summed E-state index contributed by atoms with van der Waals surface area (Å²) in [5, 5.41) is 15.5. The number of para-hydroxylation sites is 1. The number of carbonyl (C=O) groups excluding carboxylic acids is 2. The smallest absolute Gasteiger partial charge is 0.276 e. The number of nitrogens with one attached hydrogen (secondary N) is 2. The zero-order chi connectivity index (χ0) is 34.9. The predicted molar refractivity (Wildman–Crippen MR) is 195 cm³/mol. The van der Waals surface area contributed by atoms with Gasteiger partial charge in [-0.25, -0.2) is 4.39 Å². The van der Waals surface area contributed by atoms with Crippen LogP contribution in [0.3, 0.4) is 0 Å². The summed E-state index contributed by atoms with van der Waals surface area (Å²) in [6.45, 7) is 3.18. The second-order valence-electron chi connectivity index (χ2n) is 12.4. The first-order valence-corrected chi connectivity index (χ1v) is 16.4. The van der Waals surface area contributed by atoms with Crippen LogP contribution < -0.4 is 10.6 Å². The van der Waals surface area contributed by atoms with E-state index in [-0.39, 0.29) is 17.4 Å². The highest BCUT2D eigenvalue weighted by Crippen LogP contribution is 2.33. The van der Waals surface area contributed by atoms with E-state index >= 15 is 0 Å². The zero-order valence-corrected chi connectivity index (χ0v) is 27.5. The number of hydrogen-bond donors (Lipinski definition) is 2. The second-order valence-corrected chi connectivity index (χ2v) is 12.4. The molecule has 0 saturated carbocycles. The molecule has 4 heterocycles. The molecule has 2 amide bonds. The molecule has 0 aliphatic heterocycles. The molecule has 0 unspecified atom stereocenters. The molecule has 0 atom stereocenters. The van der Waals surface area contributed by atoms with Crippen molar-refractivity contribution in [2.24, 2.45) is 0 Å². The van der Waals surface area contributed by atoms with Crippen molar-refractivity contribution in [1.29, 1.82) is 0 Å². The molecule has 9 nitrogen and oxygen atoms in total. The number of anilines is 2. The molecule has 4 aromatic carbocycles. The maximum atomic E-state index is 13.6. The predicted octanol–water partition coefficient (Wildman–Crippen LogP) is 8.69. The average Bonchev–Trinajstić information content (AvgIpc) is 3.87. The number of fused-ring (bicyclic) bond motifs is 2. The molecule has 0 bridgehead atoms. The number of rotatable bonds is 9. The van der Waals surface area contributed by atoms with Crippen molar-refractivity contribution in [3.8, 4) is 11.3 Å². The molecule has 0 aliphatic carbocycles. The van der Waals surface area contributed by atoms with Crippen LogP contribution in [-0.4, -0.2) is 31.1 Å². The SMILES string of the molecule is Cc1ccc(Cn2cc(NC(=O)c3coc(-c4ccc5c(c4)c(NC(=O)c4cccnn4)cn5Cc4ccc(F)cc4)c3)c3ccccc32)cc1. The van der Waals surface area contributed by atoms with Gasteiger partial charge in [-0.2, -0.15) is 5.10 Å². The van der Waals surface area contributed by atoms with Gasteiger partial charge in [0, 0.05) is 48.0 Å². The minimum absolute atomic E-state index is 0.174. The van der Waals surface area contributed by atoms with Crippen LogP contribution >= 0.6 is 0 Å². The largest absolute Gasteiger partial charge is 0.464 e. The quantitative estimate of drug-likeness (QED) is 0.159. The van der Waals surface area contributed by atoms with E-state index in [0.717, 1.165) is 32.9 Å². The summed E-state index contributed by atoms with van der Waals surface area (Å²) in [5.41, 5.74) is 7.63. The van der Waals surface area contributed by atoms with Crippen LogP contribution in [0.4, 0.5) is 15.8 Å². The Morgan fingerprint density at radius 3 is 2.12 bits per heavy atom. The van der Waals surface area contributed by atoms with Gasteiger partial charge in [0.2, 0.25) is 0 Å². The highest BCUT2D eigenvalue weighted by Gasteiger charge is 2.18. The molecule has 8 rings (SSSR count). The number of furan rings is 1. The Kier molecular flexibility index (Phi) is 8.17. The number of aromatic nitrogens is 4. The van der Waals surface area contributed by atoms with Crippen molar-refractivity contribution in [2.45, 2.75) is 20.0 Å². The maximum Gasteiger partial charge on any atom is 0.276 e. The van der Waals surface area contributed by atoms with Gasteiger partial charge < -0.3 is 24.2 Å². The van der Waals surface area contributed by atoms with Gasteiger partial charge in [0.1, 0.15) is 17.8 Å². The Labute approximate surface area is 292 Å². The van der Waals surface area contributed by atoms with Gasteiger partial charge in [0.15, 0.2) is 5.69 Å². The summed E-state index contributed by atoms with van der Waals surface area (Å²) in [7, 11) is 0. The number of halogens is 1. The average molecular weight is 675 g/mol. The van der Waals surface area contributed by atoms with Crippen molar-refractivity contribution in [3.63, 3.8) is 0 Å². The number of benzene rings is 4. The zero-order valence-electron chi connectivity index (χ0n) is 27.5. The lowest BCUT2D eigenvalue weighted by molar-refractivity contribution is 0.101. The van der Waals surface area contributed by atoms with Crippen molar-refractivity contribution in [1.82, 2.24) is 19.3 Å². The molecule has 0 radical (unpaired) electrons. The summed E-state index contributed by atoms with van der Waals surface area (Å²) in [6.07, 6.45) is 6.74. The van der Waals surface area contributed by atoms with Gasteiger partial charge in [0.25, 0.3) is 11.8 Å². The molecule has 250 valence electrons. The third kappa shape index (κ3) is 6.50. The van der Waals surface area contributed by atoms with Crippen molar-refractivity contribution in [2.75, 3.05) is 10.6 Å². The van der Waals surface area contributed by atoms with E-state index in [2.05, 4.69) is 56.6 Å². The summed E-state index contributed by atoms with van der Waals surface area (Å²) in [5.74, 6) is -0.534. The fourth-order valence-electron chi connectivity index (χ4n) is 6.24. The van der Waals surface area contributed by atoms with Gasteiger partial charge in [-0.05, 0) is 72.6 Å². The molecule has 0 aliphatic rings. The maximum absolute atomic E-state index is 13.6. The summed E-state index contributed by atoms with van der Waals surface area (Å²) < 4.78 is 23.6. The molecule has 8 aromatic rings. The Morgan fingerprint density at radius 2 is 1.39 bits per heavy atom.